The molecular weight excluding hydrogens is 178 g/mol. The Bertz CT molecular complexity index is 69.0. The molecule has 0 nitrogen and oxygen atoms in total. The molecule has 0 saturated heterocycles. The highest BCUT2D eigenvalue weighted by Gasteiger charge is 2.35. The quantitative estimate of drug-likeness (QED) is 0.338. The van der Waals surface area contributed by atoms with E-state index in [0.717, 1.165) is 0 Å². The van der Waals surface area contributed by atoms with Gasteiger partial charge in [0.2, 0.25) is 0 Å². The predicted octanol–water partition coefficient (Wildman–Crippen LogP) is 2.87. The Hall–Kier alpha value is 1.23. The summed E-state index contributed by atoms with van der Waals surface area (Å²) < 4.78 is -0.562. The third-order valence-electron chi connectivity index (χ3n) is 1.000. The van der Waals surface area contributed by atoms with Gasteiger partial charge in [0.15, 0.2) is 0 Å². The molecule has 0 saturated carbocycles. The van der Waals surface area contributed by atoms with E-state index in [1.165, 1.54) is 0 Å². The van der Waals surface area contributed by atoms with Crippen LogP contribution in [0.4, 0.5) is 0 Å². The standard InChI is InChI=1S/C4H11Cl2PSi/c1-8(2,3)4(5,6)7/h7H2,1-3H3. The monoisotopic (exact) mass is 188 g/mol. The molecule has 0 aromatic heterocycles. The Kier molecular flexibility index (Phi) is 2.83. The summed E-state index contributed by atoms with van der Waals surface area (Å²) in [6, 6.07) is 0. The molecule has 50 valence electrons. The fourth-order valence-corrected chi connectivity index (χ4v) is 0. The lowest BCUT2D eigenvalue weighted by Gasteiger charge is -2.27. The van der Waals surface area contributed by atoms with E-state index in [2.05, 4.69) is 28.9 Å². The van der Waals surface area contributed by atoms with Gasteiger partial charge in [-0.3, -0.25) is 0 Å². The molecule has 1 atom stereocenters. The summed E-state index contributed by atoms with van der Waals surface area (Å²) in [7, 11) is 1.09. The van der Waals surface area contributed by atoms with Crippen molar-refractivity contribution >= 4 is 40.5 Å². The summed E-state index contributed by atoms with van der Waals surface area (Å²) in [6.45, 7) is 6.38. The van der Waals surface area contributed by atoms with E-state index in [4.69, 9.17) is 23.2 Å². The minimum absolute atomic E-state index is 0.562. The topological polar surface area (TPSA) is 0 Å². The molecule has 4 heteroatoms. The Balaban J connectivity index is 4.02. The maximum atomic E-state index is 5.80. The van der Waals surface area contributed by atoms with E-state index in [0.29, 0.717) is 0 Å². The van der Waals surface area contributed by atoms with Crippen molar-refractivity contribution in [3.8, 4) is 0 Å². The van der Waals surface area contributed by atoms with Crippen molar-refractivity contribution in [2.45, 2.75) is 23.3 Å². The van der Waals surface area contributed by atoms with E-state index in [-0.39, 0.29) is 0 Å². The maximum Gasteiger partial charge on any atom is 0.119 e. The molecule has 0 aromatic rings. The molecule has 0 fully saturated rings. The van der Waals surface area contributed by atoms with E-state index >= 15 is 0 Å². The Morgan fingerprint density at radius 1 is 1.25 bits per heavy atom. The molecule has 0 aliphatic heterocycles. The van der Waals surface area contributed by atoms with Crippen LogP contribution in [0.2, 0.25) is 19.6 Å². The summed E-state index contributed by atoms with van der Waals surface area (Å²) in [5.74, 6) is 0. The van der Waals surface area contributed by atoms with Gasteiger partial charge in [-0.2, -0.15) is 0 Å². The van der Waals surface area contributed by atoms with Crippen molar-refractivity contribution < 1.29 is 0 Å². The molecule has 0 aliphatic carbocycles. The van der Waals surface area contributed by atoms with Gasteiger partial charge in [0, 0.05) is 0 Å². The minimum atomic E-state index is -1.36. The molecule has 0 heterocycles. The number of hydrogen-bond acceptors (Lipinski definition) is 0. The van der Waals surface area contributed by atoms with Crippen LogP contribution < -0.4 is 0 Å². The fraction of sp³-hybridized carbons (Fsp3) is 1.00. The average Bonchev–Trinajstić information content (AvgIpc) is 1.25. The molecule has 8 heavy (non-hydrogen) atoms. The van der Waals surface area contributed by atoms with E-state index in [9.17, 15) is 0 Å². The van der Waals surface area contributed by atoms with Crippen molar-refractivity contribution in [1.29, 1.82) is 0 Å². The first-order valence-corrected chi connectivity index (χ1v) is 7.25. The van der Waals surface area contributed by atoms with Crippen LogP contribution in [0.3, 0.4) is 0 Å². The lowest BCUT2D eigenvalue weighted by molar-refractivity contribution is 1.51. The number of hydrogen-bond donors (Lipinski definition) is 0. The minimum Gasteiger partial charge on any atom is -0.103 e. The van der Waals surface area contributed by atoms with Crippen LogP contribution in [0.1, 0.15) is 0 Å². The second-order valence-electron chi connectivity index (χ2n) is 2.87. The van der Waals surface area contributed by atoms with Crippen LogP contribution in [-0.2, 0) is 0 Å². The van der Waals surface area contributed by atoms with Gasteiger partial charge in [-0.15, -0.1) is 32.4 Å². The van der Waals surface area contributed by atoms with Crippen molar-refractivity contribution in [2.24, 2.45) is 0 Å². The third kappa shape index (κ3) is 2.68. The third-order valence-corrected chi connectivity index (χ3v) is 9.00. The second-order valence-corrected chi connectivity index (χ2v) is 12.4. The molecule has 0 aliphatic rings. The van der Waals surface area contributed by atoms with Crippen molar-refractivity contribution in [3.63, 3.8) is 0 Å². The van der Waals surface area contributed by atoms with E-state index in [1.54, 1.807) is 0 Å². The number of rotatable bonds is 1. The molecule has 1 unspecified atom stereocenters. The van der Waals surface area contributed by atoms with Gasteiger partial charge in [0.25, 0.3) is 0 Å². The summed E-state index contributed by atoms with van der Waals surface area (Å²) >= 11 is 11.6. The fourth-order valence-electron chi connectivity index (χ4n) is 0. The van der Waals surface area contributed by atoms with Crippen LogP contribution in [0, 0.1) is 0 Å². The first-order valence-electron chi connectivity index (χ1n) is 2.42. The first kappa shape index (κ1) is 9.23. The molecule has 0 spiro atoms. The molecule has 0 amide bonds. The summed E-state index contributed by atoms with van der Waals surface area (Å²) in [6.07, 6.45) is 0. The largest absolute Gasteiger partial charge is 0.119 e. The number of halogens is 2. The highest BCUT2D eigenvalue weighted by atomic mass is 35.5. The molecule has 0 radical (unpaired) electrons. The Morgan fingerprint density at radius 3 is 1.38 bits per heavy atom. The van der Waals surface area contributed by atoms with Crippen molar-refractivity contribution in [2.75, 3.05) is 0 Å². The second kappa shape index (κ2) is 2.46. The first-order chi connectivity index (χ1) is 3.25. The van der Waals surface area contributed by atoms with Crippen LogP contribution in [0.25, 0.3) is 0 Å². The molecule has 0 rings (SSSR count). The smallest absolute Gasteiger partial charge is 0.103 e. The van der Waals surface area contributed by atoms with Crippen LogP contribution >= 0.6 is 32.4 Å². The zero-order valence-corrected chi connectivity index (χ0v) is 9.00. The lowest BCUT2D eigenvalue weighted by atomic mass is 11.7. The van der Waals surface area contributed by atoms with Gasteiger partial charge in [-0.1, -0.05) is 19.6 Å². The van der Waals surface area contributed by atoms with Crippen LogP contribution in [-0.4, -0.2) is 11.8 Å². The van der Waals surface area contributed by atoms with Gasteiger partial charge < -0.3 is 0 Å². The highest BCUT2D eigenvalue weighted by molar-refractivity contribution is 7.36. The van der Waals surface area contributed by atoms with Crippen LogP contribution in [0.15, 0.2) is 0 Å². The zero-order chi connectivity index (χ0) is 7.00. The van der Waals surface area contributed by atoms with Crippen LogP contribution in [0.5, 0.6) is 0 Å². The van der Waals surface area contributed by atoms with Gasteiger partial charge in [-0.05, 0) is 0 Å². The molecule has 0 aromatic carbocycles. The normalized spacial score (nSPS) is 14.2. The average molecular weight is 189 g/mol. The number of alkyl halides is 2. The summed E-state index contributed by atoms with van der Waals surface area (Å²) in [4.78, 5) is 0. The molecule has 0 bridgehead atoms. The van der Waals surface area contributed by atoms with Gasteiger partial charge in [-0.25, -0.2) is 0 Å². The molecule has 0 N–H and O–H groups in total. The Morgan fingerprint density at radius 2 is 1.38 bits per heavy atom. The Labute approximate surface area is 64.2 Å². The zero-order valence-electron chi connectivity index (χ0n) is 5.33. The predicted molar refractivity (Wildman–Crippen MR) is 47.5 cm³/mol. The van der Waals surface area contributed by atoms with Gasteiger partial charge in [0.05, 0.1) is 8.07 Å². The highest BCUT2D eigenvalue weighted by Crippen LogP contribution is 2.38. The summed E-state index contributed by atoms with van der Waals surface area (Å²) in [5, 5.41) is 0. The molecular formula is C4H11Cl2PSi. The van der Waals surface area contributed by atoms with Crippen molar-refractivity contribution in [3.05, 3.63) is 0 Å². The lowest BCUT2D eigenvalue weighted by Crippen LogP contribution is -2.37. The van der Waals surface area contributed by atoms with E-state index in [1.807, 2.05) is 0 Å². The summed E-state index contributed by atoms with van der Waals surface area (Å²) in [5.41, 5.74) is 0. The maximum absolute atomic E-state index is 5.80. The van der Waals surface area contributed by atoms with Gasteiger partial charge in [0.1, 0.15) is 3.70 Å². The SMILES string of the molecule is C[Si](C)(C)C(P)(Cl)Cl. The van der Waals surface area contributed by atoms with Crippen molar-refractivity contribution in [1.82, 2.24) is 0 Å². The van der Waals surface area contributed by atoms with E-state index < -0.39 is 11.8 Å². The van der Waals surface area contributed by atoms with Gasteiger partial charge >= 0.3 is 0 Å².